The highest BCUT2D eigenvalue weighted by Crippen LogP contribution is 2.33. The number of hydrogen-bond acceptors (Lipinski definition) is 2. The molecule has 1 atom stereocenters. The van der Waals surface area contributed by atoms with Crippen LogP contribution in [0.4, 0.5) is 0 Å². The van der Waals surface area contributed by atoms with Gasteiger partial charge in [-0.25, -0.2) is 0 Å². The van der Waals surface area contributed by atoms with Crippen LogP contribution in [0, 0.1) is 19.8 Å². The van der Waals surface area contributed by atoms with Crippen molar-refractivity contribution in [3.05, 3.63) is 29.1 Å². The van der Waals surface area contributed by atoms with Gasteiger partial charge < -0.3 is 5.73 Å². The van der Waals surface area contributed by atoms with Crippen molar-refractivity contribution in [1.29, 1.82) is 0 Å². The number of nitrogens with zero attached hydrogens (tertiary/aromatic N) is 1. The zero-order valence-corrected chi connectivity index (χ0v) is 9.66. The van der Waals surface area contributed by atoms with Crippen molar-refractivity contribution >= 4 is 0 Å². The topological polar surface area (TPSA) is 38.9 Å². The molecule has 2 heteroatoms. The lowest BCUT2D eigenvalue weighted by atomic mass is 9.80. The van der Waals surface area contributed by atoms with Crippen molar-refractivity contribution in [2.24, 2.45) is 11.7 Å². The Hall–Kier alpha value is -0.890. The normalized spacial score (nSPS) is 18.6. The van der Waals surface area contributed by atoms with Crippen molar-refractivity contribution < 1.29 is 0 Å². The van der Waals surface area contributed by atoms with Crippen LogP contribution in [-0.4, -0.2) is 4.98 Å². The number of rotatable bonds is 3. The predicted molar refractivity (Wildman–Crippen MR) is 62.6 cm³/mol. The van der Waals surface area contributed by atoms with Gasteiger partial charge in [-0.15, -0.1) is 0 Å². The number of aryl methyl sites for hydroxylation is 2. The lowest BCUT2D eigenvalue weighted by Crippen LogP contribution is -2.21. The number of pyridine rings is 1. The van der Waals surface area contributed by atoms with Crippen molar-refractivity contribution in [3.63, 3.8) is 0 Å². The van der Waals surface area contributed by atoms with Gasteiger partial charge in [0.15, 0.2) is 0 Å². The smallest absolute Gasteiger partial charge is 0.0600 e. The number of aromatic nitrogens is 1. The highest BCUT2D eigenvalue weighted by molar-refractivity contribution is 5.25. The van der Waals surface area contributed by atoms with Crippen LogP contribution in [0.3, 0.4) is 0 Å². The minimum atomic E-state index is 0.135. The van der Waals surface area contributed by atoms with Crippen LogP contribution in [0.2, 0.25) is 0 Å². The Balaban J connectivity index is 2.06. The van der Waals surface area contributed by atoms with E-state index in [0.717, 1.165) is 18.0 Å². The fourth-order valence-corrected chi connectivity index (χ4v) is 2.31. The summed E-state index contributed by atoms with van der Waals surface area (Å²) in [4.78, 5) is 4.46. The second kappa shape index (κ2) is 4.31. The Labute approximate surface area is 91.9 Å². The molecule has 1 aromatic rings. The van der Waals surface area contributed by atoms with Crippen LogP contribution in [0.5, 0.6) is 0 Å². The molecule has 0 aromatic carbocycles. The summed E-state index contributed by atoms with van der Waals surface area (Å²) in [5.74, 6) is 0.850. The summed E-state index contributed by atoms with van der Waals surface area (Å²) in [7, 11) is 0. The molecule has 0 saturated heterocycles. The Morgan fingerprint density at radius 2 is 2.20 bits per heavy atom. The molecule has 0 amide bonds. The molecule has 82 valence electrons. The van der Waals surface area contributed by atoms with Crippen LogP contribution in [0.25, 0.3) is 0 Å². The first kappa shape index (κ1) is 10.6. The molecule has 1 aliphatic rings. The molecule has 1 aromatic heterocycles. The van der Waals surface area contributed by atoms with Gasteiger partial charge in [0.2, 0.25) is 0 Å². The maximum absolute atomic E-state index is 6.19. The first-order valence-electron chi connectivity index (χ1n) is 5.85. The van der Waals surface area contributed by atoms with E-state index < -0.39 is 0 Å². The zero-order valence-electron chi connectivity index (χ0n) is 9.66. The molecule has 2 N–H and O–H groups in total. The average Bonchev–Trinajstić information content (AvgIpc) is 2.11. The van der Waals surface area contributed by atoms with E-state index >= 15 is 0 Å². The molecule has 2 nitrogen and oxygen atoms in total. The summed E-state index contributed by atoms with van der Waals surface area (Å²) in [6.07, 6.45) is 7.13. The predicted octanol–water partition coefficient (Wildman–Crippen LogP) is 2.89. The molecule has 0 spiro atoms. The maximum Gasteiger partial charge on any atom is 0.0600 e. The number of hydrogen-bond donors (Lipinski definition) is 1. The maximum atomic E-state index is 6.19. The van der Waals surface area contributed by atoms with Gasteiger partial charge in [-0.05, 0) is 37.3 Å². The van der Waals surface area contributed by atoms with Gasteiger partial charge in [0, 0.05) is 12.2 Å². The third kappa shape index (κ3) is 2.37. The molecular formula is C13H20N2. The van der Waals surface area contributed by atoms with E-state index in [1.54, 1.807) is 0 Å². The Kier molecular flexibility index (Phi) is 3.06. The molecule has 15 heavy (non-hydrogen) atoms. The van der Waals surface area contributed by atoms with Gasteiger partial charge in [0.1, 0.15) is 0 Å². The highest BCUT2D eigenvalue weighted by atomic mass is 14.8. The van der Waals surface area contributed by atoms with Crippen molar-refractivity contribution in [2.75, 3.05) is 0 Å². The summed E-state index contributed by atoms with van der Waals surface area (Å²) in [5.41, 5.74) is 9.74. The largest absolute Gasteiger partial charge is 0.323 e. The first-order chi connectivity index (χ1) is 7.16. The quantitative estimate of drug-likeness (QED) is 0.822. The van der Waals surface area contributed by atoms with Crippen molar-refractivity contribution in [1.82, 2.24) is 4.98 Å². The van der Waals surface area contributed by atoms with Crippen LogP contribution in [-0.2, 0) is 0 Å². The molecule has 1 aliphatic carbocycles. The molecule has 0 radical (unpaired) electrons. The molecule has 1 saturated carbocycles. The van der Waals surface area contributed by atoms with E-state index in [2.05, 4.69) is 24.9 Å². The lowest BCUT2D eigenvalue weighted by molar-refractivity contribution is 0.275. The van der Waals surface area contributed by atoms with E-state index in [-0.39, 0.29) is 6.04 Å². The van der Waals surface area contributed by atoms with Crippen LogP contribution < -0.4 is 5.73 Å². The molecule has 1 fully saturated rings. The Bertz CT molecular complexity index is 342. The Morgan fingerprint density at radius 3 is 2.73 bits per heavy atom. The Morgan fingerprint density at radius 1 is 1.47 bits per heavy atom. The van der Waals surface area contributed by atoms with Gasteiger partial charge in [-0.1, -0.05) is 25.3 Å². The van der Waals surface area contributed by atoms with E-state index in [0.29, 0.717) is 0 Å². The van der Waals surface area contributed by atoms with Gasteiger partial charge >= 0.3 is 0 Å². The van der Waals surface area contributed by atoms with Gasteiger partial charge in [-0.3, -0.25) is 4.98 Å². The molecule has 0 aliphatic heterocycles. The molecular weight excluding hydrogens is 184 g/mol. The third-order valence-corrected chi connectivity index (χ3v) is 3.42. The van der Waals surface area contributed by atoms with Gasteiger partial charge in [-0.2, -0.15) is 0 Å². The third-order valence-electron chi connectivity index (χ3n) is 3.42. The summed E-state index contributed by atoms with van der Waals surface area (Å²) in [5, 5.41) is 0. The minimum Gasteiger partial charge on any atom is -0.323 e. The highest BCUT2D eigenvalue weighted by Gasteiger charge is 2.22. The first-order valence-corrected chi connectivity index (χ1v) is 5.85. The van der Waals surface area contributed by atoms with Crippen molar-refractivity contribution in [2.45, 2.75) is 45.6 Å². The molecule has 1 heterocycles. The standard InChI is InChI=1S/C13H20N2/c1-9-6-10(2)13(15-8-9)12(14)7-11-4-3-5-11/h6,8,11-12H,3-5,7,14H2,1-2H3. The fraction of sp³-hybridized carbons (Fsp3) is 0.615. The van der Waals surface area contributed by atoms with Gasteiger partial charge in [0.25, 0.3) is 0 Å². The molecule has 1 unspecified atom stereocenters. The molecule has 0 bridgehead atoms. The summed E-state index contributed by atoms with van der Waals surface area (Å²) < 4.78 is 0. The van der Waals surface area contributed by atoms with Crippen molar-refractivity contribution in [3.8, 4) is 0 Å². The second-order valence-corrected chi connectivity index (χ2v) is 4.85. The molecule has 2 rings (SSSR count). The summed E-state index contributed by atoms with van der Waals surface area (Å²) >= 11 is 0. The van der Waals surface area contributed by atoms with E-state index in [4.69, 9.17) is 5.73 Å². The van der Waals surface area contributed by atoms with E-state index in [9.17, 15) is 0 Å². The van der Waals surface area contributed by atoms with Gasteiger partial charge in [0.05, 0.1) is 5.69 Å². The summed E-state index contributed by atoms with van der Waals surface area (Å²) in [6.45, 7) is 4.18. The lowest BCUT2D eigenvalue weighted by Gasteiger charge is -2.28. The SMILES string of the molecule is Cc1cnc(C(N)CC2CCC2)c(C)c1. The average molecular weight is 204 g/mol. The van der Waals surface area contributed by atoms with Crippen LogP contribution >= 0.6 is 0 Å². The van der Waals surface area contributed by atoms with E-state index in [1.807, 2.05) is 6.20 Å². The zero-order chi connectivity index (χ0) is 10.8. The fourth-order valence-electron chi connectivity index (χ4n) is 2.31. The second-order valence-electron chi connectivity index (χ2n) is 4.85. The summed E-state index contributed by atoms with van der Waals surface area (Å²) in [6, 6.07) is 2.30. The monoisotopic (exact) mass is 204 g/mol. The number of nitrogens with two attached hydrogens (primary N) is 1. The van der Waals surface area contributed by atoms with Crippen LogP contribution in [0.15, 0.2) is 12.3 Å². The minimum absolute atomic E-state index is 0.135. The van der Waals surface area contributed by atoms with Crippen LogP contribution in [0.1, 0.15) is 48.5 Å². The van der Waals surface area contributed by atoms with E-state index in [1.165, 1.54) is 30.4 Å².